The van der Waals surface area contributed by atoms with Crippen molar-refractivity contribution >= 4 is 35.5 Å². The molecule has 13 nitrogen and oxygen atoms in total. The Bertz CT molecular complexity index is 1000. The Morgan fingerprint density at radius 3 is 2.11 bits per heavy atom. The number of nitrogens with zero attached hydrogens (tertiary/aromatic N) is 1. The molecule has 4 atom stereocenters. The van der Waals surface area contributed by atoms with E-state index in [0.29, 0.717) is 6.42 Å². The number of hydrogen-bond acceptors (Lipinski definition) is 7. The van der Waals surface area contributed by atoms with E-state index in [-0.39, 0.29) is 45.1 Å². The summed E-state index contributed by atoms with van der Waals surface area (Å²) in [7, 11) is 0. The van der Waals surface area contributed by atoms with Crippen molar-refractivity contribution in [3.63, 3.8) is 0 Å². The molecule has 1 saturated heterocycles. The third kappa shape index (κ3) is 9.18. The van der Waals surface area contributed by atoms with Crippen LogP contribution in [0.25, 0.3) is 0 Å². The summed E-state index contributed by atoms with van der Waals surface area (Å²) in [6, 6.07) is 4.57. The molecule has 13 heteroatoms. The number of aliphatic carboxylic acids is 1. The lowest BCUT2D eigenvalue weighted by molar-refractivity contribution is -0.145. The van der Waals surface area contributed by atoms with Crippen LogP contribution >= 0.6 is 0 Å². The number of likely N-dealkylation sites (tertiary alicyclic amines) is 1. The molecule has 2 rings (SSSR count). The van der Waals surface area contributed by atoms with Gasteiger partial charge in [0.1, 0.15) is 18.1 Å². The summed E-state index contributed by atoms with van der Waals surface area (Å²) in [5.74, 6) is -4.65. The first-order valence-electron chi connectivity index (χ1n) is 12.0. The number of amides is 5. The van der Waals surface area contributed by atoms with Crippen molar-refractivity contribution in [3.05, 3.63) is 35.9 Å². The summed E-state index contributed by atoms with van der Waals surface area (Å²) in [4.78, 5) is 74.2. The highest BCUT2D eigenvalue weighted by Crippen LogP contribution is 2.20. The van der Waals surface area contributed by atoms with E-state index in [1.165, 1.54) is 4.90 Å². The molecule has 0 radical (unpaired) electrons. The number of carbonyl (C=O) groups is 6. The molecule has 37 heavy (non-hydrogen) atoms. The second-order valence-corrected chi connectivity index (χ2v) is 8.96. The molecular weight excluding hydrogens is 484 g/mol. The van der Waals surface area contributed by atoms with E-state index in [4.69, 9.17) is 17.2 Å². The molecular formula is C24H34N6O7. The largest absolute Gasteiger partial charge is 0.480 e. The number of rotatable bonds is 14. The molecule has 0 spiro atoms. The normalized spacial score (nSPS) is 17.3. The highest BCUT2D eigenvalue weighted by Gasteiger charge is 2.39. The van der Waals surface area contributed by atoms with Crippen LogP contribution in [0.3, 0.4) is 0 Å². The standard InChI is InChI=1S/C24H34N6O7/c25-15(13-14-5-2-1-3-6-14)21(33)28-16(8-10-19(26)31)23(35)30-12-4-7-18(30)22(34)29-17(24(36)37)9-11-20(27)32/h1-3,5-6,15-18H,4,7-13,25H2,(H2,26,31)(H2,27,32)(H,28,33)(H,29,34)(H,36,37). The number of benzene rings is 1. The Balaban J connectivity index is 2.11. The molecule has 1 aliphatic heterocycles. The van der Waals surface area contributed by atoms with Gasteiger partial charge in [0.25, 0.3) is 0 Å². The van der Waals surface area contributed by atoms with Crippen molar-refractivity contribution in [1.29, 1.82) is 0 Å². The Hall–Kier alpha value is -4.00. The maximum Gasteiger partial charge on any atom is 0.326 e. The quantitative estimate of drug-likeness (QED) is 0.163. The van der Waals surface area contributed by atoms with Gasteiger partial charge in [0, 0.05) is 19.4 Å². The second-order valence-electron chi connectivity index (χ2n) is 8.96. The zero-order valence-corrected chi connectivity index (χ0v) is 20.4. The average molecular weight is 519 g/mol. The highest BCUT2D eigenvalue weighted by atomic mass is 16.4. The Labute approximate surface area is 214 Å². The zero-order valence-electron chi connectivity index (χ0n) is 20.4. The molecule has 0 saturated carbocycles. The van der Waals surface area contributed by atoms with E-state index in [2.05, 4.69) is 10.6 Å². The van der Waals surface area contributed by atoms with E-state index in [9.17, 15) is 33.9 Å². The lowest BCUT2D eigenvalue weighted by Crippen LogP contribution is -2.57. The first-order valence-corrected chi connectivity index (χ1v) is 12.0. The zero-order chi connectivity index (χ0) is 27.5. The van der Waals surface area contributed by atoms with Crippen LogP contribution in [0.1, 0.15) is 44.1 Å². The summed E-state index contributed by atoms with van der Waals surface area (Å²) < 4.78 is 0. The number of nitrogens with one attached hydrogen (secondary N) is 2. The van der Waals surface area contributed by atoms with Crippen LogP contribution in [0.2, 0.25) is 0 Å². The van der Waals surface area contributed by atoms with Crippen molar-refractivity contribution in [3.8, 4) is 0 Å². The number of nitrogens with two attached hydrogens (primary N) is 3. The van der Waals surface area contributed by atoms with Crippen LogP contribution in [-0.2, 0) is 35.2 Å². The molecule has 9 N–H and O–H groups in total. The molecule has 5 amide bonds. The fraction of sp³-hybridized carbons (Fsp3) is 0.500. The number of hydrogen-bond donors (Lipinski definition) is 6. The van der Waals surface area contributed by atoms with Gasteiger partial charge in [-0.1, -0.05) is 30.3 Å². The number of carboxylic acid groups (broad SMARTS) is 1. The van der Waals surface area contributed by atoms with E-state index in [0.717, 1.165) is 5.56 Å². The summed E-state index contributed by atoms with van der Waals surface area (Å²) >= 11 is 0. The molecule has 1 aliphatic rings. The number of carboxylic acids is 1. The van der Waals surface area contributed by atoms with E-state index in [1.54, 1.807) is 12.1 Å². The lowest BCUT2D eigenvalue weighted by atomic mass is 10.0. The number of carbonyl (C=O) groups excluding carboxylic acids is 5. The maximum atomic E-state index is 13.4. The van der Waals surface area contributed by atoms with E-state index < -0.39 is 59.7 Å². The average Bonchev–Trinajstić information content (AvgIpc) is 3.34. The monoisotopic (exact) mass is 518 g/mol. The third-order valence-corrected chi connectivity index (χ3v) is 6.06. The fourth-order valence-corrected chi connectivity index (χ4v) is 4.10. The van der Waals surface area contributed by atoms with Gasteiger partial charge < -0.3 is 37.8 Å². The Kier molecular flexibility index (Phi) is 11.0. The van der Waals surface area contributed by atoms with Gasteiger partial charge in [0.05, 0.1) is 6.04 Å². The van der Waals surface area contributed by atoms with Crippen molar-refractivity contribution in [2.45, 2.75) is 69.1 Å². The summed E-state index contributed by atoms with van der Waals surface area (Å²) in [5.41, 5.74) is 17.2. The van der Waals surface area contributed by atoms with Crippen LogP contribution in [0.5, 0.6) is 0 Å². The molecule has 1 heterocycles. The fourth-order valence-electron chi connectivity index (χ4n) is 4.10. The minimum atomic E-state index is -1.36. The second kappa shape index (κ2) is 13.9. The van der Waals surface area contributed by atoms with Crippen molar-refractivity contribution in [2.24, 2.45) is 17.2 Å². The molecule has 202 valence electrons. The first kappa shape index (κ1) is 29.2. The highest BCUT2D eigenvalue weighted by molar-refractivity contribution is 5.95. The number of primary amides is 2. The summed E-state index contributed by atoms with van der Waals surface area (Å²) in [6.45, 7) is 0.189. The minimum Gasteiger partial charge on any atom is -0.480 e. The van der Waals surface area contributed by atoms with Crippen molar-refractivity contribution in [1.82, 2.24) is 15.5 Å². The van der Waals surface area contributed by atoms with E-state index in [1.807, 2.05) is 18.2 Å². The predicted octanol–water partition coefficient (Wildman–Crippen LogP) is -1.87. The minimum absolute atomic E-state index is 0.0981. The van der Waals surface area contributed by atoms with Crippen molar-refractivity contribution in [2.75, 3.05) is 6.54 Å². The SMILES string of the molecule is NC(=O)CCC(NC(=O)C1CCCN1C(=O)C(CCC(N)=O)NC(=O)C(N)Cc1ccccc1)C(=O)O. The van der Waals surface area contributed by atoms with Gasteiger partial charge in [-0.15, -0.1) is 0 Å². The molecule has 1 aromatic carbocycles. The van der Waals surface area contributed by atoms with Crippen LogP contribution in [0.15, 0.2) is 30.3 Å². The summed E-state index contributed by atoms with van der Waals surface area (Å²) in [6.07, 6.45) is 0.224. The summed E-state index contributed by atoms with van der Waals surface area (Å²) in [5, 5.41) is 14.3. The van der Waals surface area contributed by atoms with Gasteiger partial charge >= 0.3 is 5.97 Å². The van der Waals surface area contributed by atoms with Gasteiger partial charge in [-0.05, 0) is 37.7 Å². The van der Waals surface area contributed by atoms with Gasteiger partial charge in [-0.3, -0.25) is 24.0 Å². The predicted molar refractivity (Wildman–Crippen MR) is 131 cm³/mol. The topological polar surface area (TPSA) is 228 Å². The molecule has 1 fully saturated rings. The first-order chi connectivity index (χ1) is 17.5. The van der Waals surface area contributed by atoms with Crippen LogP contribution in [0, 0.1) is 0 Å². The van der Waals surface area contributed by atoms with E-state index >= 15 is 0 Å². The Morgan fingerprint density at radius 1 is 0.946 bits per heavy atom. The molecule has 1 aromatic rings. The maximum absolute atomic E-state index is 13.4. The lowest BCUT2D eigenvalue weighted by Gasteiger charge is -2.30. The van der Waals surface area contributed by atoms with Crippen LogP contribution < -0.4 is 27.8 Å². The third-order valence-electron chi connectivity index (χ3n) is 6.06. The van der Waals surface area contributed by atoms with Gasteiger partial charge in [0.15, 0.2) is 0 Å². The Morgan fingerprint density at radius 2 is 1.54 bits per heavy atom. The molecule has 4 unspecified atom stereocenters. The van der Waals surface area contributed by atoms with Crippen LogP contribution in [0.4, 0.5) is 0 Å². The van der Waals surface area contributed by atoms with Gasteiger partial charge in [-0.2, -0.15) is 0 Å². The van der Waals surface area contributed by atoms with Crippen molar-refractivity contribution < 1.29 is 33.9 Å². The molecule has 0 aromatic heterocycles. The van der Waals surface area contributed by atoms with Crippen LogP contribution in [-0.4, -0.2) is 76.2 Å². The molecule has 0 bridgehead atoms. The van der Waals surface area contributed by atoms with Gasteiger partial charge in [-0.25, -0.2) is 4.79 Å². The van der Waals surface area contributed by atoms with Gasteiger partial charge in [0.2, 0.25) is 29.5 Å². The smallest absolute Gasteiger partial charge is 0.326 e. The molecule has 0 aliphatic carbocycles.